The number of ether oxygens (including phenoxy) is 10. The Bertz CT molecular complexity index is 651. The highest BCUT2D eigenvalue weighted by atomic mass is 16.6. The summed E-state index contributed by atoms with van der Waals surface area (Å²) in [5.41, 5.74) is 0. The standard InChI is InChI=1S/C28H52N2O12/c1-29(2)5-7-33-9-11-35-13-15-37-17-19-39-21-23-41-25-26-42-24-22-40-20-18-38-16-14-36-12-10-34-8-6-30-27(31)3-4-28(30)32/h3-4H,5-26H2,1-2H3. The van der Waals surface area contributed by atoms with Crippen LogP contribution in [0.2, 0.25) is 0 Å². The van der Waals surface area contributed by atoms with Gasteiger partial charge in [0.15, 0.2) is 0 Å². The van der Waals surface area contributed by atoms with Gasteiger partial charge in [0.1, 0.15) is 0 Å². The van der Waals surface area contributed by atoms with Gasteiger partial charge in [0, 0.05) is 18.7 Å². The maximum atomic E-state index is 11.4. The molecule has 246 valence electrons. The van der Waals surface area contributed by atoms with Crippen molar-refractivity contribution in [3.05, 3.63) is 12.2 Å². The lowest BCUT2D eigenvalue weighted by atomic mass is 10.5. The molecule has 42 heavy (non-hydrogen) atoms. The van der Waals surface area contributed by atoms with Gasteiger partial charge in [-0.05, 0) is 14.1 Å². The van der Waals surface area contributed by atoms with E-state index in [0.29, 0.717) is 126 Å². The van der Waals surface area contributed by atoms with E-state index in [1.807, 2.05) is 14.1 Å². The molecule has 0 aromatic rings. The molecule has 0 N–H and O–H groups in total. The Morgan fingerprint density at radius 2 is 0.667 bits per heavy atom. The van der Waals surface area contributed by atoms with Crippen molar-refractivity contribution >= 4 is 11.8 Å². The number of likely N-dealkylation sites (N-methyl/N-ethyl adjacent to an activating group) is 1. The van der Waals surface area contributed by atoms with Crippen molar-refractivity contribution in [2.24, 2.45) is 0 Å². The van der Waals surface area contributed by atoms with Crippen molar-refractivity contribution in [3.63, 3.8) is 0 Å². The predicted octanol–water partition coefficient (Wildman–Crippen LogP) is -0.361. The van der Waals surface area contributed by atoms with Crippen molar-refractivity contribution in [2.75, 3.05) is 159 Å². The van der Waals surface area contributed by atoms with Crippen LogP contribution in [0.25, 0.3) is 0 Å². The summed E-state index contributed by atoms with van der Waals surface area (Å²) in [6.45, 7) is 11.1. The first kappa shape index (κ1) is 38.5. The Morgan fingerprint density at radius 1 is 0.429 bits per heavy atom. The summed E-state index contributed by atoms with van der Waals surface area (Å²) in [7, 11) is 4.03. The lowest BCUT2D eigenvalue weighted by molar-refractivity contribution is -0.137. The summed E-state index contributed by atoms with van der Waals surface area (Å²) >= 11 is 0. The van der Waals surface area contributed by atoms with E-state index >= 15 is 0 Å². The van der Waals surface area contributed by atoms with Crippen molar-refractivity contribution in [3.8, 4) is 0 Å². The maximum absolute atomic E-state index is 11.4. The Morgan fingerprint density at radius 3 is 0.929 bits per heavy atom. The van der Waals surface area contributed by atoms with Crippen LogP contribution in [0, 0.1) is 0 Å². The zero-order valence-electron chi connectivity index (χ0n) is 25.5. The maximum Gasteiger partial charge on any atom is 0.253 e. The van der Waals surface area contributed by atoms with Gasteiger partial charge in [0.05, 0.1) is 139 Å². The first-order valence-electron chi connectivity index (χ1n) is 14.6. The lowest BCUT2D eigenvalue weighted by Gasteiger charge is -2.13. The molecule has 0 radical (unpaired) electrons. The van der Waals surface area contributed by atoms with Crippen LogP contribution in [0.15, 0.2) is 12.2 Å². The van der Waals surface area contributed by atoms with E-state index in [-0.39, 0.29) is 25.0 Å². The first-order valence-corrected chi connectivity index (χ1v) is 14.6. The minimum Gasteiger partial charge on any atom is -0.378 e. The molecule has 0 aromatic heterocycles. The smallest absolute Gasteiger partial charge is 0.253 e. The van der Waals surface area contributed by atoms with E-state index in [2.05, 4.69) is 4.90 Å². The van der Waals surface area contributed by atoms with Gasteiger partial charge in [0.2, 0.25) is 0 Å². The molecule has 0 atom stereocenters. The topological polar surface area (TPSA) is 133 Å². The van der Waals surface area contributed by atoms with Crippen LogP contribution in [-0.4, -0.2) is 181 Å². The number of hydrogen-bond acceptors (Lipinski definition) is 13. The number of amides is 2. The van der Waals surface area contributed by atoms with E-state index in [1.165, 1.54) is 12.2 Å². The van der Waals surface area contributed by atoms with Crippen molar-refractivity contribution in [2.45, 2.75) is 0 Å². The van der Waals surface area contributed by atoms with Crippen LogP contribution >= 0.6 is 0 Å². The van der Waals surface area contributed by atoms with Crippen LogP contribution in [0.1, 0.15) is 0 Å². The molecule has 2 amide bonds. The van der Waals surface area contributed by atoms with Crippen LogP contribution in [0.4, 0.5) is 0 Å². The molecule has 1 aliphatic rings. The summed E-state index contributed by atoms with van der Waals surface area (Å²) < 4.78 is 54.3. The average molecular weight is 609 g/mol. The van der Waals surface area contributed by atoms with Gasteiger partial charge < -0.3 is 52.3 Å². The number of nitrogens with zero attached hydrogens (tertiary/aromatic N) is 2. The molecular weight excluding hydrogens is 556 g/mol. The van der Waals surface area contributed by atoms with Gasteiger partial charge in [-0.15, -0.1) is 0 Å². The zero-order valence-corrected chi connectivity index (χ0v) is 25.5. The van der Waals surface area contributed by atoms with Crippen molar-refractivity contribution < 1.29 is 57.0 Å². The van der Waals surface area contributed by atoms with Crippen LogP contribution in [0.5, 0.6) is 0 Å². The molecule has 0 fully saturated rings. The second kappa shape index (κ2) is 29.5. The molecule has 0 aromatic carbocycles. The van der Waals surface area contributed by atoms with E-state index < -0.39 is 0 Å². The van der Waals surface area contributed by atoms with Gasteiger partial charge in [-0.1, -0.05) is 0 Å². The highest BCUT2D eigenvalue weighted by Crippen LogP contribution is 2.02. The molecule has 14 nitrogen and oxygen atoms in total. The van der Waals surface area contributed by atoms with Gasteiger partial charge in [0.25, 0.3) is 11.8 Å². The fraction of sp³-hybridized carbons (Fsp3) is 0.857. The minimum absolute atomic E-state index is 0.242. The van der Waals surface area contributed by atoms with E-state index in [0.717, 1.165) is 11.4 Å². The molecule has 1 rings (SSSR count). The molecule has 0 aliphatic carbocycles. The highest BCUT2D eigenvalue weighted by molar-refractivity contribution is 6.12. The Hall–Kier alpha value is -1.56. The normalized spacial score (nSPS) is 13.4. The second-order valence-electron chi connectivity index (χ2n) is 9.09. The van der Waals surface area contributed by atoms with Gasteiger partial charge >= 0.3 is 0 Å². The SMILES string of the molecule is CN(C)CCOCCOCCOCCOCCOCCOCCOCCOCCOCCOCCN1C(=O)C=CC1=O. The van der Waals surface area contributed by atoms with Gasteiger partial charge in [-0.3, -0.25) is 14.5 Å². The molecule has 0 spiro atoms. The van der Waals surface area contributed by atoms with Crippen molar-refractivity contribution in [1.29, 1.82) is 0 Å². The molecule has 0 saturated heterocycles. The number of carbonyl (C=O) groups is 2. The Kier molecular flexibility index (Phi) is 27.0. The summed E-state index contributed by atoms with van der Waals surface area (Å²) in [6.07, 6.45) is 2.51. The summed E-state index contributed by atoms with van der Waals surface area (Å²) in [5.74, 6) is -0.609. The summed E-state index contributed by atoms with van der Waals surface area (Å²) in [6, 6.07) is 0. The predicted molar refractivity (Wildman–Crippen MR) is 153 cm³/mol. The van der Waals surface area contributed by atoms with Gasteiger partial charge in [-0.2, -0.15) is 0 Å². The Balaban J connectivity index is 1.63. The largest absolute Gasteiger partial charge is 0.378 e. The molecular formula is C28H52N2O12. The molecule has 1 heterocycles. The van der Waals surface area contributed by atoms with Crippen LogP contribution in [0.3, 0.4) is 0 Å². The number of imide groups is 1. The summed E-state index contributed by atoms with van der Waals surface area (Å²) in [5, 5.41) is 0. The highest BCUT2D eigenvalue weighted by Gasteiger charge is 2.22. The third kappa shape index (κ3) is 25.0. The minimum atomic E-state index is -0.304. The van der Waals surface area contributed by atoms with E-state index in [1.54, 1.807) is 0 Å². The third-order valence-electron chi connectivity index (χ3n) is 5.39. The second-order valence-corrected chi connectivity index (χ2v) is 9.09. The van der Waals surface area contributed by atoms with Crippen LogP contribution < -0.4 is 0 Å². The van der Waals surface area contributed by atoms with Crippen molar-refractivity contribution in [1.82, 2.24) is 9.80 Å². The Labute approximate surface area is 250 Å². The molecule has 14 heteroatoms. The number of rotatable bonds is 33. The average Bonchev–Trinajstić information content (AvgIpc) is 3.29. The number of carbonyl (C=O) groups excluding carboxylic acids is 2. The molecule has 0 unspecified atom stereocenters. The molecule has 1 aliphatic heterocycles. The number of hydrogen-bond donors (Lipinski definition) is 0. The molecule has 0 saturated carbocycles. The van der Waals surface area contributed by atoms with Gasteiger partial charge in [-0.25, -0.2) is 0 Å². The zero-order chi connectivity index (χ0) is 30.4. The van der Waals surface area contributed by atoms with E-state index in [4.69, 9.17) is 47.4 Å². The third-order valence-corrected chi connectivity index (χ3v) is 5.39. The monoisotopic (exact) mass is 608 g/mol. The van der Waals surface area contributed by atoms with E-state index in [9.17, 15) is 9.59 Å². The fourth-order valence-electron chi connectivity index (χ4n) is 3.14. The first-order chi connectivity index (χ1) is 20.6. The quantitative estimate of drug-likeness (QED) is 0.0710. The lowest BCUT2D eigenvalue weighted by Crippen LogP contribution is -2.33. The van der Waals surface area contributed by atoms with Crippen LogP contribution in [-0.2, 0) is 57.0 Å². The molecule has 0 bridgehead atoms. The fourth-order valence-corrected chi connectivity index (χ4v) is 3.14. The summed E-state index contributed by atoms with van der Waals surface area (Å²) in [4.78, 5) is 26.0.